The summed E-state index contributed by atoms with van der Waals surface area (Å²) in [6.45, 7) is -16.7. The maximum absolute atomic E-state index is 14.8. The van der Waals surface area contributed by atoms with Crippen LogP contribution in [0.2, 0.25) is 0 Å². The normalized spacial score (nSPS) is 18.4. The fourth-order valence-electron chi connectivity index (χ4n) is 4.85. The summed E-state index contributed by atoms with van der Waals surface area (Å²) in [7, 11) is 0. The first-order valence-electron chi connectivity index (χ1n) is 20.4. The van der Waals surface area contributed by atoms with Crippen LogP contribution in [0.4, 0.5) is 17.6 Å². The minimum Gasteiger partial charge on any atom is -0.336 e. The van der Waals surface area contributed by atoms with Crippen molar-refractivity contribution in [3.05, 3.63) is 117 Å². The second-order valence-corrected chi connectivity index (χ2v) is 11.0. The molecule has 1 heterocycles. The summed E-state index contributed by atoms with van der Waals surface area (Å²) in [4.78, 5) is 31.7. The molecule has 5 rings (SSSR count). The molecule has 4 aromatic rings. The standard InChI is InChI=1S/C36H38F4N4O2S/c1-3-42(4-2)20-21-43(22-25-8-12-27(13-9-25)28-14-16-29(17-15-28)36(38,39)40)33(45)23-44-32-7-5-6-31(32)34(46)41-35(44)47-24-26-10-18-30(37)19-11-26/h8-19H,3-7,20-24H2,1-2H3/i3D2,4D2,20D2,21D2,22D2,24D2. The van der Waals surface area contributed by atoms with Crippen molar-refractivity contribution >= 4 is 17.7 Å². The maximum atomic E-state index is 14.8. The number of rotatable bonds is 13. The summed E-state index contributed by atoms with van der Waals surface area (Å²) in [5.41, 5.74) is -3.70. The lowest BCUT2D eigenvalue weighted by Crippen LogP contribution is -2.40. The molecule has 47 heavy (non-hydrogen) atoms. The van der Waals surface area contributed by atoms with Gasteiger partial charge in [-0.05, 0) is 78.8 Å². The van der Waals surface area contributed by atoms with Crippen molar-refractivity contribution < 1.29 is 38.8 Å². The van der Waals surface area contributed by atoms with Crippen molar-refractivity contribution in [3.8, 4) is 11.1 Å². The molecule has 248 valence electrons. The van der Waals surface area contributed by atoms with E-state index < -0.39 is 84.5 Å². The van der Waals surface area contributed by atoms with Gasteiger partial charge in [0.15, 0.2) is 5.16 Å². The Hall–Kier alpha value is -3.96. The van der Waals surface area contributed by atoms with E-state index in [0.29, 0.717) is 18.2 Å². The number of benzene rings is 3. The molecular weight excluding hydrogens is 628 g/mol. The molecule has 0 bridgehead atoms. The van der Waals surface area contributed by atoms with Gasteiger partial charge in [-0.2, -0.15) is 18.2 Å². The number of halogens is 4. The summed E-state index contributed by atoms with van der Waals surface area (Å²) >= 11 is 0.356. The SMILES string of the molecule is [2H]C([2H])(Sc1nc(=O)c2c(n1CC(=O)N(C([2H])([2H])c1ccc(-c3ccc(C(F)(F)F)cc3)cc1)C([2H])([2H])C([2H])([2H])N(C([2H])([2H])C)C([2H])([2H])C)CCC2)c1ccc(F)cc1. The van der Waals surface area contributed by atoms with Crippen LogP contribution >= 0.6 is 11.8 Å². The summed E-state index contributed by atoms with van der Waals surface area (Å²) in [6.07, 6.45) is -3.86. The molecule has 1 amide bonds. The first-order valence-corrected chi connectivity index (χ1v) is 15.2. The Morgan fingerprint density at radius 2 is 1.53 bits per heavy atom. The lowest BCUT2D eigenvalue weighted by Gasteiger charge is -2.28. The molecule has 0 saturated carbocycles. The first-order chi connectivity index (χ1) is 26.9. The van der Waals surface area contributed by atoms with Crippen LogP contribution in [0, 0.1) is 5.82 Å². The lowest BCUT2D eigenvalue weighted by atomic mass is 10.0. The van der Waals surface area contributed by atoms with Gasteiger partial charge in [0.05, 0.1) is 11.0 Å². The minimum atomic E-state index is -4.61. The van der Waals surface area contributed by atoms with Gasteiger partial charge >= 0.3 is 6.18 Å². The third-order valence-electron chi connectivity index (χ3n) is 7.24. The monoisotopic (exact) mass is 678 g/mol. The molecule has 0 unspecified atom stereocenters. The molecule has 0 atom stereocenters. The van der Waals surface area contributed by atoms with Crippen LogP contribution in [0.1, 0.15) is 64.7 Å². The van der Waals surface area contributed by atoms with Gasteiger partial charge in [-0.15, -0.1) is 0 Å². The molecule has 0 radical (unpaired) electrons. The van der Waals surface area contributed by atoms with E-state index in [1.165, 1.54) is 24.3 Å². The Labute approximate surface area is 293 Å². The van der Waals surface area contributed by atoms with Crippen LogP contribution in [-0.2, 0) is 42.6 Å². The highest BCUT2D eigenvalue weighted by atomic mass is 32.2. The third kappa shape index (κ3) is 8.70. The zero-order chi connectivity index (χ0) is 44.3. The first kappa shape index (κ1) is 21.8. The second kappa shape index (κ2) is 15.3. The number of alkyl halides is 3. The van der Waals surface area contributed by atoms with Gasteiger partial charge in [-0.1, -0.05) is 74.1 Å². The minimum absolute atomic E-state index is 0.0541. The topological polar surface area (TPSA) is 58.4 Å². The molecule has 0 fully saturated rings. The van der Waals surface area contributed by atoms with Crippen LogP contribution in [-0.4, -0.2) is 51.2 Å². The van der Waals surface area contributed by atoms with E-state index in [0.717, 1.165) is 66.9 Å². The van der Waals surface area contributed by atoms with Crippen molar-refractivity contribution in [2.45, 2.75) is 63.2 Å². The number of thioether (sulfide) groups is 1. The molecule has 0 spiro atoms. The Morgan fingerprint density at radius 1 is 0.915 bits per heavy atom. The number of aromatic nitrogens is 2. The summed E-state index contributed by atoms with van der Waals surface area (Å²) in [5.74, 6) is -2.18. The second-order valence-electron chi connectivity index (χ2n) is 10.3. The van der Waals surface area contributed by atoms with Crippen molar-refractivity contribution in [3.63, 3.8) is 0 Å². The molecule has 1 aliphatic rings. The molecule has 1 aromatic heterocycles. The zero-order valence-corrected chi connectivity index (χ0v) is 26.1. The Bertz CT molecular complexity index is 2230. The van der Waals surface area contributed by atoms with Crippen molar-refractivity contribution in [2.24, 2.45) is 0 Å². The fraction of sp³-hybridized carbons (Fsp3) is 0.361. The van der Waals surface area contributed by atoms with Crippen LogP contribution in [0.5, 0.6) is 0 Å². The average Bonchev–Trinajstić information content (AvgIpc) is 3.59. The van der Waals surface area contributed by atoms with Gasteiger partial charge in [-0.3, -0.25) is 9.59 Å². The van der Waals surface area contributed by atoms with Crippen LogP contribution in [0.15, 0.2) is 82.7 Å². The molecule has 6 nitrogen and oxygen atoms in total. The van der Waals surface area contributed by atoms with Gasteiger partial charge in [0.2, 0.25) is 5.91 Å². The molecule has 1 aliphatic carbocycles. The quantitative estimate of drug-likeness (QED) is 0.0850. The maximum Gasteiger partial charge on any atom is 0.416 e. The third-order valence-corrected chi connectivity index (χ3v) is 8.07. The van der Waals surface area contributed by atoms with Crippen molar-refractivity contribution in [1.82, 2.24) is 19.4 Å². The highest BCUT2D eigenvalue weighted by Gasteiger charge is 2.30. The number of hydrogen-bond donors (Lipinski definition) is 0. The van der Waals surface area contributed by atoms with Gasteiger partial charge < -0.3 is 14.4 Å². The molecule has 0 aliphatic heterocycles. The van der Waals surface area contributed by atoms with Gasteiger partial charge in [0, 0.05) is 47.4 Å². The number of amides is 1. The van der Waals surface area contributed by atoms with E-state index in [-0.39, 0.29) is 50.6 Å². The smallest absolute Gasteiger partial charge is 0.336 e. The number of hydrogen-bond acceptors (Lipinski definition) is 5. The van der Waals surface area contributed by atoms with E-state index in [2.05, 4.69) is 4.98 Å². The molecular formula is C36H38F4N4O2S. The highest BCUT2D eigenvalue weighted by Crippen LogP contribution is 2.31. The van der Waals surface area contributed by atoms with Crippen LogP contribution in [0.3, 0.4) is 0 Å². The number of fused-ring (bicyclic) bond motifs is 1. The van der Waals surface area contributed by atoms with E-state index in [1.807, 2.05) is 0 Å². The van der Waals surface area contributed by atoms with E-state index >= 15 is 0 Å². The van der Waals surface area contributed by atoms with E-state index in [9.17, 15) is 29.9 Å². The molecule has 0 N–H and O–H groups in total. The number of carbonyl (C=O) groups is 1. The fourth-order valence-corrected chi connectivity index (χ4v) is 5.61. The summed E-state index contributed by atoms with van der Waals surface area (Å²) in [5, 5.41) is -0.403. The average molecular weight is 679 g/mol. The van der Waals surface area contributed by atoms with Gasteiger partial charge in [0.1, 0.15) is 12.4 Å². The Morgan fingerprint density at radius 3 is 2.15 bits per heavy atom. The van der Waals surface area contributed by atoms with Gasteiger partial charge in [-0.25, -0.2) is 4.39 Å². The van der Waals surface area contributed by atoms with E-state index in [1.54, 1.807) is 0 Å². The predicted molar refractivity (Wildman–Crippen MR) is 177 cm³/mol. The lowest BCUT2D eigenvalue weighted by molar-refractivity contribution is -0.137. The summed E-state index contributed by atoms with van der Waals surface area (Å²) in [6, 6.07) is 13.1. The number of nitrogens with zero attached hydrogens (tertiary/aromatic N) is 4. The van der Waals surface area contributed by atoms with E-state index in [4.69, 9.17) is 13.7 Å². The number of likely N-dealkylation sites (N-methyl/N-ethyl adjacent to an activating group) is 1. The Balaban J connectivity index is 1.66. The van der Waals surface area contributed by atoms with Crippen LogP contribution < -0.4 is 5.56 Å². The Kier molecular flexibility index (Phi) is 7.10. The van der Waals surface area contributed by atoms with Crippen LogP contribution in [0.25, 0.3) is 11.1 Å². The number of carbonyl (C=O) groups excluding carboxylic acids is 1. The largest absolute Gasteiger partial charge is 0.416 e. The van der Waals surface area contributed by atoms with Gasteiger partial charge in [0.25, 0.3) is 5.56 Å². The predicted octanol–water partition coefficient (Wildman–Crippen LogP) is 7.22. The zero-order valence-electron chi connectivity index (χ0n) is 37.3. The van der Waals surface area contributed by atoms with Crippen molar-refractivity contribution in [1.29, 1.82) is 0 Å². The summed E-state index contributed by atoms with van der Waals surface area (Å²) < 4.78 is 160. The molecule has 0 saturated heterocycles. The molecule has 3 aromatic carbocycles. The molecule has 11 heteroatoms. The highest BCUT2D eigenvalue weighted by molar-refractivity contribution is 7.98. The van der Waals surface area contributed by atoms with Crippen molar-refractivity contribution in [2.75, 3.05) is 26.0 Å².